The van der Waals surface area contributed by atoms with Crippen LogP contribution >= 0.6 is 0 Å². The van der Waals surface area contributed by atoms with Gasteiger partial charge in [-0.15, -0.1) is 0 Å². The van der Waals surface area contributed by atoms with Crippen molar-refractivity contribution in [1.82, 2.24) is 40.4 Å². The molecule has 10 aliphatic rings. The first-order chi connectivity index (χ1) is 35.0. The zero-order chi connectivity index (χ0) is 49.1. The number of imidazole rings is 2. The minimum absolute atomic E-state index is 0.0326. The summed E-state index contributed by atoms with van der Waals surface area (Å²) in [6, 6.07) is 25.8. The first-order valence-electron chi connectivity index (χ1n) is 26.6. The fourth-order valence-electron chi connectivity index (χ4n) is 15.3. The van der Waals surface area contributed by atoms with Gasteiger partial charge < -0.3 is 39.9 Å². The molecule has 4 aliphatic heterocycles. The number of nitrogens with one attached hydrogen (secondary N) is 4. The van der Waals surface area contributed by atoms with Crippen molar-refractivity contribution in [3.63, 3.8) is 0 Å². The molecular formula is C58H64N8O6. The number of nitrogens with zero attached hydrogens (tertiary/aromatic N) is 4. The summed E-state index contributed by atoms with van der Waals surface area (Å²) in [6.45, 7) is 4.22. The Morgan fingerprint density at radius 3 is 1.46 bits per heavy atom. The highest BCUT2D eigenvalue weighted by Crippen LogP contribution is 2.55. The van der Waals surface area contributed by atoms with E-state index in [0.29, 0.717) is 23.7 Å². The highest BCUT2D eigenvalue weighted by molar-refractivity contribution is 5.90. The van der Waals surface area contributed by atoms with E-state index in [1.807, 2.05) is 0 Å². The molecule has 72 heavy (non-hydrogen) atoms. The first kappa shape index (κ1) is 45.2. The van der Waals surface area contributed by atoms with Gasteiger partial charge in [0, 0.05) is 12.1 Å². The predicted octanol–water partition coefficient (Wildman–Crippen LogP) is 9.52. The molecule has 372 valence electrons. The van der Waals surface area contributed by atoms with Crippen molar-refractivity contribution in [3.8, 4) is 22.3 Å². The molecule has 0 spiro atoms. The number of aryl methyl sites for hydroxylation is 4. The Morgan fingerprint density at radius 1 is 0.583 bits per heavy atom. The summed E-state index contributed by atoms with van der Waals surface area (Å²) in [6.07, 6.45) is 10.7. The molecule has 6 aliphatic carbocycles. The molecule has 2 saturated carbocycles. The van der Waals surface area contributed by atoms with Crippen molar-refractivity contribution in [2.75, 3.05) is 14.2 Å². The van der Waals surface area contributed by atoms with Gasteiger partial charge in [0.25, 0.3) is 0 Å². The summed E-state index contributed by atoms with van der Waals surface area (Å²) in [5.41, 5.74) is 13.6. The first-order valence-corrected chi connectivity index (χ1v) is 26.6. The standard InChI is InChI=1S/C58H64N8O6/c1-29-39-9-5-7-37-27-47(65(51(37)39)55(67)49(29)63-57(69)71-3)53-59-43-21-19-35(25-45(43)61-53)41-23-31-11-15-33(41)17-13-32-12-16-34(18-14-31)42(24-32)36-20-22-44-46(26-36)62-54(60-44)48-28-38-8-6-10-40-30(2)50(64-58(70)72-4)56(68)66(48)52(38)40/h11-12,15-16,19-26,29-30,37-40,47-52H,5-10,13-14,17-18,27-28H2,1-4H3,(H,59,61)(H,60,62)(H,63,69)(H,64,70)/t29?,30?,37-,38-,39?,40?,47-,48-,49-,50-,51+,52+/m0/s1. The average molecular weight is 969 g/mol. The van der Waals surface area contributed by atoms with Crippen LogP contribution in [0.4, 0.5) is 9.59 Å². The SMILES string of the molecule is COC(=O)N[C@@H]1C(=O)N2[C@H](c3nc4ccc(-c5cc6ccc5CCc5ccc(c(-c7ccc8nc([C@@H]9C[C@@H]%10CCCC%11C(C)[C@H](NC(=O)OC)C(=O)N9[C@@H]%11%10)[nH]c8c7)c5)CC6)cc4[nH]3)C[C@@H]3CCCC(C1C)[C@@H]32. The van der Waals surface area contributed by atoms with Gasteiger partial charge in [-0.1, -0.05) is 75.2 Å². The molecular weight excluding hydrogens is 905 g/mol. The Morgan fingerprint density at radius 2 is 1.03 bits per heavy atom. The number of rotatable bonds is 6. The molecule has 14 nitrogen and oxygen atoms in total. The number of H-pyrrole nitrogens is 2. The van der Waals surface area contributed by atoms with E-state index in [4.69, 9.17) is 19.4 Å². The van der Waals surface area contributed by atoms with E-state index in [-0.39, 0.29) is 47.8 Å². The maximum Gasteiger partial charge on any atom is 0.407 e. The molecule has 4 unspecified atom stereocenters. The molecule has 6 heterocycles. The van der Waals surface area contributed by atoms with E-state index in [1.165, 1.54) is 47.6 Å². The Kier molecular flexibility index (Phi) is 11.0. The second-order valence-corrected chi connectivity index (χ2v) is 22.3. The number of hydrogen-bond donors (Lipinski definition) is 4. The van der Waals surface area contributed by atoms with Crippen molar-refractivity contribution in [3.05, 3.63) is 107 Å². The van der Waals surface area contributed by atoms with Crippen LogP contribution in [-0.2, 0) is 44.7 Å². The van der Waals surface area contributed by atoms with Gasteiger partial charge in [-0.25, -0.2) is 19.6 Å². The number of benzene rings is 4. The third-order valence-electron chi connectivity index (χ3n) is 18.8. The molecule has 12 atom stereocenters. The summed E-state index contributed by atoms with van der Waals surface area (Å²) in [4.78, 5) is 75.3. The van der Waals surface area contributed by atoms with Crippen LogP contribution in [0.25, 0.3) is 44.3 Å². The Hall–Kier alpha value is -6.70. The highest BCUT2D eigenvalue weighted by atomic mass is 16.5. The summed E-state index contributed by atoms with van der Waals surface area (Å²) in [5.74, 6) is 3.10. The fraction of sp³-hybridized carbons (Fsp3) is 0.483. The number of ether oxygens (including phenoxy) is 2. The quantitative estimate of drug-likeness (QED) is 0.128. The van der Waals surface area contributed by atoms with Gasteiger partial charge in [-0.2, -0.15) is 0 Å². The predicted molar refractivity (Wildman–Crippen MR) is 273 cm³/mol. The van der Waals surface area contributed by atoms with Gasteiger partial charge in [0.2, 0.25) is 11.8 Å². The van der Waals surface area contributed by atoms with Gasteiger partial charge in [-0.05, 0) is 168 Å². The summed E-state index contributed by atoms with van der Waals surface area (Å²) in [5, 5.41) is 5.77. The molecule has 14 heteroatoms. The lowest BCUT2D eigenvalue weighted by Gasteiger charge is -2.49. The number of aromatic nitrogens is 4. The number of alkyl carbamates (subject to hydrolysis) is 2. The second-order valence-electron chi connectivity index (χ2n) is 22.3. The van der Waals surface area contributed by atoms with Crippen molar-refractivity contribution in [1.29, 1.82) is 0 Å². The van der Waals surface area contributed by atoms with E-state index in [0.717, 1.165) is 122 Å². The van der Waals surface area contributed by atoms with Crippen LogP contribution in [0.1, 0.15) is 111 Å². The average Bonchev–Trinajstić information content (AvgIpc) is 4.21. The van der Waals surface area contributed by atoms with Crippen molar-refractivity contribution in [2.45, 2.75) is 127 Å². The molecule has 4 N–H and O–H groups in total. The van der Waals surface area contributed by atoms with E-state index in [9.17, 15) is 19.2 Å². The van der Waals surface area contributed by atoms with Gasteiger partial charge >= 0.3 is 12.2 Å². The minimum Gasteiger partial charge on any atom is -0.453 e. The third kappa shape index (κ3) is 7.31. The molecule has 2 aromatic heterocycles. The minimum atomic E-state index is -0.622. The van der Waals surface area contributed by atoms with Crippen LogP contribution in [-0.4, -0.2) is 92.1 Å². The zero-order valence-electron chi connectivity index (χ0n) is 41.6. The fourth-order valence-corrected chi connectivity index (χ4v) is 15.3. The van der Waals surface area contributed by atoms with Gasteiger partial charge in [0.1, 0.15) is 23.7 Å². The molecule has 4 amide bonds. The maximum absolute atomic E-state index is 14.3. The van der Waals surface area contributed by atoms with Crippen LogP contribution in [0.2, 0.25) is 0 Å². The van der Waals surface area contributed by atoms with Crippen LogP contribution in [0.3, 0.4) is 0 Å². The molecule has 6 aromatic rings. The topological polar surface area (TPSA) is 175 Å². The number of aromatic amines is 2. The van der Waals surface area contributed by atoms with Gasteiger partial charge in [-0.3, -0.25) is 9.59 Å². The Balaban J connectivity index is 0.760. The molecule has 16 rings (SSSR count). The summed E-state index contributed by atoms with van der Waals surface area (Å²) < 4.78 is 9.90. The van der Waals surface area contributed by atoms with Crippen molar-refractivity contribution >= 4 is 46.1 Å². The van der Waals surface area contributed by atoms with E-state index in [1.54, 1.807) is 0 Å². The Bertz CT molecular complexity index is 2970. The van der Waals surface area contributed by atoms with Gasteiger partial charge in [0.05, 0.1) is 48.4 Å². The molecule has 0 radical (unpaired) electrons. The third-order valence-corrected chi connectivity index (χ3v) is 18.8. The number of carbonyl (C=O) groups is 4. The van der Waals surface area contributed by atoms with Crippen LogP contribution in [0, 0.1) is 35.5 Å². The number of hydrogen-bond acceptors (Lipinski definition) is 8. The number of amides is 4. The zero-order valence-corrected chi connectivity index (χ0v) is 41.6. The normalized spacial score (nSPS) is 30.5. The number of fused-ring (bicyclic) bond motifs is 2. The second kappa shape index (κ2) is 17.5. The summed E-state index contributed by atoms with van der Waals surface area (Å²) >= 11 is 0. The van der Waals surface area contributed by atoms with Crippen LogP contribution in [0.15, 0.2) is 72.8 Å². The van der Waals surface area contributed by atoms with Crippen LogP contribution in [0.5, 0.6) is 0 Å². The lowest BCUT2D eigenvalue weighted by molar-refractivity contribution is -0.148. The van der Waals surface area contributed by atoms with E-state index >= 15 is 0 Å². The maximum atomic E-state index is 14.3. The monoisotopic (exact) mass is 968 g/mol. The smallest absolute Gasteiger partial charge is 0.407 e. The molecule has 6 fully saturated rings. The molecule has 4 saturated heterocycles. The number of piperidine rings is 2. The van der Waals surface area contributed by atoms with Crippen LogP contribution < -0.4 is 10.6 Å². The lowest BCUT2D eigenvalue weighted by atomic mass is 9.68. The number of carbonyl (C=O) groups excluding carboxylic acids is 4. The van der Waals surface area contributed by atoms with E-state index < -0.39 is 24.3 Å². The Labute approximate surface area is 419 Å². The lowest BCUT2D eigenvalue weighted by Crippen LogP contribution is -2.63. The van der Waals surface area contributed by atoms with Gasteiger partial charge in [0.15, 0.2) is 0 Å². The molecule has 4 aromatic carbocycles. The highest BCUT2D eigenvalue weighted by Gasteiger charge is 2.59. The number of methoxy groups -OCH3 is 2. The molecule has 4 bridgehead atoms. The van der Waals surface area contributed by atoms with E-state index in [2.05, 4.69) is 117 Å². The van der Waals surface area contributed by atoms with Crippen molar-refractivity contribution in [2.24, 2.45) is 35.5 Å². The summed E-state index contributed by atoms with van der Waals surface area (Å²) in [7, 11) is 2.69. The largest absolute Gasteiger partial charge is 0.453 e. The van der Waals surface area contributed by atoms with Crippen molar-refractivity contribution < 1.29 is 28.7 Å².